The molecule has 0 aliphatic heterocycles. The van der Waals surface area contributed by atoms with Crippen molar-refractivity contribution in [3.63, 3.8) is 0 Å². The van der Waals surface area contributed by atoms with E-state index in [0.29, 0.717) is 5.92 Å². The Kier molecular flexibility index (Phi) is 4.97. The maximum absolute atomic E-state index is 5.04. The van der Waals surface area contributed by atoms with Crippen molar-refractivity contribution in [2.75, 3.05) is 20.3 Å². The van der Waals surface area contributed by atoms with Gasteiger partial charge in [0, 0.05) is 32.2 Å². The molecule has 0 amide bonds. The first-order chi connectivity index (χ1) is 6.33. The van der Waals surface area contributed by atoms with Crippen LogP contribution in [0, 0.1) is 5.92 Å². The van der Waals surface area contributed by atoms with Crippen molar-refractivity contribution in [1.82, 2.24) is 10.3 Å². The first-order valence-corrected chi connectivity index (χ1v) is 5.34. The summed E-state index contributed by atoms with van der Waals surface area (Å²) < 4.78 is 5.04. The number of hydrogen-bond donors (Lipinski definition) is 1. The Morgan fingerprint density at radius 3 is 3.15 bits per heavy atom. The molecule has 1 rings (SSSR count). The molecule has 0 aromatic carbocycles. The third-order valence-corrected chi connectivity index (χ3v) is 2.37. The molecule has 0 aliphatic carbocycles. The third-order valence-electron chi connectivity index (χ3n) is 1.73. The van der Waals surface area contributed by atoms with Crippen molar-refractivity contribution in [2.24, 2.45) is 5.92 Å². The van der Waals surface area contributed by atoms with E-state index in [9.17, 15) is 0 Å². The minimum Gasteiger partial charge on any atom is -0.384 e. The van der Waals surface area contributed by atoms with Crippen LogP contribution in [0.4, 0.5) is 0 Å². The van der Waals surface area contributed by atoms with E-state index < -0.39 is 0 Å². The van der Waals surface area contributed by atoms with Crippen LogP contribution in [0.3, 0.4) is 0 Å². The van der Waals surface area contributed by atoms with Gasteiger partial charge in [-0.05, 0) is 5.92 Å². The Bertz CT molecular complexity index is 213. The first kappa shape index (κ1) is 10.6. The molecular formula is C9H16N2OS. The van der Waals surface area contributed by atoms with Crippen LogP contribution in [-0.4, -0.2) is 25.2 Å². The average molecular weight is 200 g/mol. The minimum absolute atomic E-state index is 0.559. The summed E-state index contributed by atoms with van der Waals surface area (Å²) >= 11 is 1.63. The maximum atomic E-state index is 5.04. The second-order valence-electron chi connectivity index (χ2n) is 3.17. The number of nitrogens with one attached hydrogen (secondary N) is 1. The van der Waals surface area contributed by atoms with Gasteiger partial charge in [-0.3, -0.25) is 0 Å². The molecule has 0 saturated carbocycles. The highest BCUT2D eigenvalue weighted by atomic mass is 32.1. The fraction of sp³-hybridized carbons (Fsp3) is 0.667. The van der Waals surface area contributed by atoms with Crippen molar-refractivity contribution < 1.29 is 4.74 Å². The third kappa shape index (κ3) is 4.36. The number of rotatable bonds is 6. The molecular weight excluding hydrogens is 184 g/mol. The van der Waals surface area contributed by atoms with Gasteiger partial charge in [-0.2, -0.15) is 0 Å². The molecule has 4 heteroatoms. The molecule has 74 valence electrons. The van der Waals surface area contributed by atoms with Gasteiger partial charge in [-0.1, -0.05) is 6.92 Å². The van der Waals surface area contributed by atoms with Crippen molar-refractivity contribution in [1.29, 1.82) is 0 Å². The van der Waals surface area contributed by atoms with E-state index in [1.165, 1.54) is 0 Å². The lowest BCUT2D eigenvalue weighted by Gasteiger charge is -2.10. The molecule has 0 radical (unpaired) electrons. The van der Waals surface area contributed by atoms with Crippen LogP contribution in [0.15, 0.2) is 10.9 Å². The topological polar surface area (TPSA) is 34.1 Å². The van der Waals surface area contributed by atoms with E-state index >= 15 is 0 Å². The van der Waals surface area contributed by atoms with E-state index in [1.807, 2.05) is 5.51 Å². The Hall–Kier alpha value is -0.450. The van der Waals surface area contributed by atoms with Crippen LogP contribution in [0.1, 0.15) is 12.6 Å². The highest BCUT2D eigenvalue weighted by molar-refractivity contribution is 7.07. The predicted molar refractivity (Wildman–Crippen MR) is 54.9 cm³/mol. The fourth-order valence-electron chi connectivity index (χ4n) is 1.11. The lowest BCUT2D eigenvalue weighted by Crippen LogP contribution is -2.23. The molecule has 13 heavy (non-hydrogen) atoms. The van der Waals surface area contributed by atoms with Crippen molar-refractivity contribution in [3.8, 4) is 0 Å². The van der Waals surface area contributed by atoms with Gasteiger partial charge < -0.3 is 10.1 Å². The number of thiazole rings is 1. The van der Waals surface area contributed by atoms with Crippen LogP contribution < -0.4 is 5.32 Å². The Morgan fingerprint density at radius 2 is 2.54 bits per heavy atom. The number of nitrogens with zero attached hydrogens (tertiary/aromatic N) is 1. The lowest BCUT2D eigenvalue weighted by atomic mass is 10.2. The smallest absolute Gasteiger partial charge is 0.0795 e. The van der Waals surface area contributed by atoms with Crippen LogP contribution in [0.5, 0.6) is 0 Å². The highest BCUT2D eigenvalue weighted by Crippen LogP contribution is 2.00. The lowest BCUT2D eigenvalue weighted by molar-refractivity contribution is 0.158. The summed E-state index contributed by atoms with van der Waals surface area (Å²) in [4.78, 5) is 4.18. The standard InChI is InChI=1S/C9H16N2OS/c1-8(5-12-2)3-10-4-9-6-13-7-11-9/h6-8,10H,3-5H2,1-2H3. The van der Waals surface area contributed by atoms with Gasteiger partial charge in [-0.25, -0.2) is 4.98 Å². The van der Waals surface area contributed by atoms with Gasteiger partial charge in [0.1, 0.15) is 0 Å². The van der Waals surface area contributed by atoms with Crippen LogP contribution >= 0.6 is 11.3 Å². The average Bonchev–Trinajstić information content (AvgIpc) is 2.57. The van der Waals surface area contributed by atoms with E-state index in [1.54, 1.807) is 18.4 Å². The summed E-state index contributed by atoms with van der Waals surface area (Å²) in [5, 5.41) is 5.40. The quantitative estimate of drug-likeness (QED) is 0.756. The summed E-state index contributed by atoms with van der Waals surface area (Å²) in [5.74, 6) is 0.559. The summed E-state index contributed by atoms with van der Waals surface area (Å²) in [7, 11) is 1.73. The van der Waals surface area contributed by atoms with Crippen LogP contribution in [-0.2, 0) is 11.3 Å². The summed E-state index contributed by atoms with van der Waals surface area (Å²) in [6, 6.07) is 0. The Labute approximate surface area is 83.1 Å². The molecule has 3 nitrogen and oxygen atoms in total. The zero-order valence-electron chi connectivity index (χ0n) is 8.12. The molecule has 0 bridgehead atoms. The van der Waals surface area contributed by atoms with E-state index in [-0.39, 0.29) is 0 Å². The van der Waals surface area contributed by atoms with E-state index in [2.05, 4.69) is 22.6 Å². The Balaban J connectivity index is 2.07. The molecule has 1 heterocycles. The molecule has 1 aromatic heterocycles. The number of aromatic nitrogens is 1. The molecule has 0 fully saturated rings. The monoisotopic (exact) mass is 200 g/mol. The van der Waals surface area contributed by atoms with E-state index in [4.69, 9.17) is 4.74 Å². The van der Waals surface area contributed by atoms with E-state index in [0.717, 1.165) is 25.4 Å². The van der Waals surface area contributed by atoms with Gasteiger partial charge >= 0.3 is 0 Å². The highest BCUT2D eigenvalue weighted by Gasteiger charge is 2.00. The van der Waals surface area contributed by atoms with Gasteiger partial charge in [0.05, 0.1) is 11.2 Å². The normalized spacial score (nSPS) is 13.1. The summed E-state index contributed by atoms with van der Waals surface area (Å²) in [5.41, 5.74) is 2.98. The molecule has 1 aromatic rings. The SMILES string of the molecule is COCC(C)CNCc1cscn1. The molecule has 1 N–H and O–H groups in total. The maximum Gasteiger partial charge on any atom is 0.0795 e. The van der Waals surface area contributed by atoms with Crippen LogP contribution in [0.25, 0.3) is 0 Å². The zero-order valence-corrected chi connectivity index (χ0v) is 8.93. The zero-order chi connectivity index (χ0) is 9.52. The number of hydrogen-bond acceptors (Lipinski definition) is 4. The van der Waals surface area contributed by atoms with Crippen molar-refractivity contribution in [2.45, 2.75) is 13.5 Å². The Morgan fingerprint density at radius 1 is 1.69 bits per heavy atom. The summed E-state index contributed by atoms with van der Waals surface area (Å²) in [6.07, 6.45) is 0. The fourth-order valence-corrected chi connectivity index (χ4v) is 1.67. The molecule has 1 atom stereocenters. The summed E-state index contributed by atoms with van der Waals surface area (Å²) in [6.45, 7) is 4.81. The molecule has 0 aliphatic rings. The predicted octanol–water partition coefficient (Wildman–Crippen LogP) is 1.52. The molecule has 0 saturated heterocycles. The van der Waals surface area contributed by atoms with Gasteiger partial charge in [0.25, 0.3) is 0 Å². The minimum atomic E-state index is 0.559. The second-order valence-corrected chi connectivity index (χ2v) is 3.89. The van der Waals surface area contributed by atoms with Crippen LogP contribution in [0.2, 0.25) is 0 Å². The van der Waals surface area contributed by atoms with Gasteiger partial charge in [0.15, 0.2) is 0 Å². The van der Waals surface area contributed by atoms with Gasteiger partial charge in [0.2, 0.25) is 0 Å². The largest absolute Gasteiger partial charge is 0.384 e. The van der Waals surface area contributed by atoms with Crippen molar-refractivity contribution >= 4 is 11.3 Å². The molecule has 0 spiro atoms. The van der Waals surface area contributed by atoms with Gasteiger partial charge in [-0.15, -0.1) is 11.3 Å². The van der Waals surface area contributed by atoms with Crippen molar-refractivity contribution in [3.05, 3.63) is 16.6 Å². The number of methoxy groups -OCH3 is 1. The first-order valence-electron chi connectivity index (χ1n) is 4.39. The number of ether oxygens (including phenoxy) is 1. The molecule has 1 unspecified atom stereocenters. The second kappa shape index (κ2) is 6.07.